The van der Waals surface area contributed by atoms with E-state index in [4.69, 9.17) is 5.11 Å². The van der Waals surface area contributed by atoms with Crippen molar-refractivity contribution in [1.29, 1.82) is 0 Å². The summed E-state index contributed by atoms with van der Waals surface area (Å²) in [6.45, 7) is 3.28. The molecule has 0 fully saturated rings. The summed E-state index contributed by atoms with van der Waals surface area (Å²) < 4.78 is 0. The third-order valence-corrected chi connectivity index (χ3v) is 1.45. The topological polar surface area (TPSA) is 62.5 Å². The van der Waals surface area contributed by atoms with Crippen LogP contribution in [0.25, 0.3) is 0 Å². The second-order valence-corrected chi connectivity index (χ2v) is 2.32. The van der Waals surface area contributed by atoms with Crippen molar-refractivity contribution in [1.82, 2.24) is 4.98 Å². The molecule has 1 aromatic rings. The molecule has 4 heteroatoms. The first-order valence-electron chi connectivity index (χ1n) is 3.15. The summed E-state index contributed by atoms with van der Waals surface area (Å²) in [5, 5.41) is 11.8. The predicted molar refractivity (Wildman–Crippen MR) is 40.8 cm³/mol. The van der Waals surface area contributed by atoms with Gasteiger partial charge in [-0.15, -0.1) is 4.91 Å². The minimum atomic E-state index is -0.0464. The van der Waals surface area contributed by atoms with Gasteiger partial charge < -0.3 is 5.11 Å². The number of hydrogen-bond donors (Lipinski definition) is 1. The van der Waals surface area contributed by atoms with Crippen LogP contribution in [0.4, 0.5) is 5.69 Å². The van der Waals surface area contributed by atoms with E-state index in [0.29, 0.717) is 11.3 Å². The molecule has 1 rings (SSSR count). The van der Waals surface area contributed by atoms with E-state index in [-0.39, 0.29) is 11.6 Å². The van der Waals surface area contributed by atoms with Crippen molar-refractivity contribution < 1.29 is 5.11 Å². The van der Waals surface area contributed by atoms with Gasteiger partial charge in [0.15, 0.2) is 0 Å². The molecular formula is C7H8N2O2. The van der Waals surface area contributed by atoms with Crippen LogP contribution in [0.3, 0.4) is 0 Å². The van der Waals surface area contributed by atoms with Crippen LogP contribution in [-0.4, -0.2) is 10.1 Å². The van der Waals surface area contributed by atoms with Gasteiger partial charge in [-0.1, -0.05) is 0 Å². The van der Waals surface area contributed by atoms with Crippen LogP contribution in [0, 0.1) is 18.8 Å². The summed E-state index contributed by atoms with van der Waals surface area (Å²) in [6, 6.07) is 1.50. The van der Waals surface area contributed by atoms with E-state index in [1.165, 1.54) is 6.07 Å². The Kier molecular flexibility index (Phi) is 1.85. The Bertz CT molecular complexity index is 297. The van der Waals surface area contributed by atoms with Crippen molar-refractivity contribution in [3.63, 3.8) is 0 Å². The average molecular weight is 152 g/mol. The Hall–Kier alpha value is -1.45. The molecule has 0 saturated heterocycles. The maximum atomic E-state index is 10.1. The third-order valence-electron chi connectivity index (χ3n) is 1.45. The number of aromatic hydroxyl groups is 1. The quantitative estimate of drug-likeness (QED) is 0.624. The fourth-order valence-electron chi connectivity index (χ4n) is 0.771. The van der Waals surface area contributed by atoms with E-state index in [9.17, 15) is 4.91 Å². The molecule has 4 nitrogen and oxygen atoms in total. The molecule has 0 aliphatic rings. The van der Waals surface area contributed by atoms with E-state index in [1.54, 1.807) is 13.8 Å². The minimum Gasteiger partial charge on any atom is -0.493 e. The molecular weight excluding hydrogens is 144 g/mol. The molecule has 58 valence electrons. The fourth-order valence-corrected chi connectivity index (χ4v) is 0.771. The lowest BCUT2D eigenvalue weighted by Crippen LogP contribution is -1.84. The van der Waals surface area contributed by atoms with Gasteiger partial charge >= 0.3 is 0 Å². The molecule has 0 amide bonds. The zero-order valence-electron chi connectivity index (χ0n) is 6.33. The van der Waals surface area contributed by atoms with Gasteiger partial charge in [0.05, 0.1) is 5.69 Å². The third kappa shape index (κ3) is 1.34. The number of aromatic nitrogens is 1. The molecule has 0 radical (unpaired) electrons. The SMILES string of the molecule is Cc1cc(N=O)c(C)nc1O. The number of aryl methyl sites for hydroxylation is 2. The molecule has 0 aromatic carbocycles. The van der Waals surface area contributed by atoms with Crippen LogP contribution >= 0.6 is 0 Å². The normalized spacial score (nSPS) is 9.64. The van der Waals surface area contributed by atoms with Crippen molar-refractivity contribution in [2.24, 2.45) is 5.18 Å². The largest absolute Gasteiger partial charge is 0.493 e. The lowest BCUT2D eigenvalue weighted by molar-refractivity contribution is 0.448. The highest BCUT2D eigenvalue weighted by atomic mass is 16.3. The molecule has 0 aliphatic carbocycles. The highest BCUT2D eigenvalue weighted by Gasteiger charge is 2.03. The summed E-state index contributed by atoms with van der Waals surface area (Å²) in [6.07, 6.45) is 0. The molecule has 0 bridgehead atoms. The minimum absolute atomic E-state index is 0.0464. The first-order valence-corrected chi connectivity index (χ1v) is 3.15. The van der Waals surface area contributed by atoms with Gasteiger partial charge in [-0.3, -0.25) is 0 Å². The summed E-state index contributed by atoms with van der Waals surface area (Å²) in [7, 11) is 0. The maximum absolute atomic E-state index is 10.1. The Balaban J connectivity index is 3.31. The van der Waals surface area contributed by atoms with Crippen LogP contribution in [-0.2, 0) is 0 Å². The van der Waals surface area contributed by atoms with E-state index >= 15 is 0 Å². The van der Waals surface area contributed by atoms with Crippen molar-refractivity contribution in [3.8, 4) is 5.88 Å². The van der Waals surface area contributed by atoms with E-state index in [2.05, 4.69) is 10.2 Å². The molecule has 11 heavy (non-hydrogen) atoms. The molecule has 0 saturated carbocycles. The smallest absolute Gasteiger partial charge is 0.214 e. The van der Waals surface area contributed by atoms with E-state index in [1.807, 2.05) is 0 Å². The molecule has 0 spiro atoms. The fraction of sp³-hybridized carbons (Fsp3) is 0.286. The second-order valence-electron chi connectivity index (χ2n) is 2.32. The Morgan fingerprint density at radius 2 is 2.18 bits per heavy atom. The molecule has 0 atom stereocenters. The van der Waals surface area contributed by atoms with Crippen LogP contribution in [0.1, 0.15) is 11.3 Å². The van der Waals surface area contributed by atoms with E-state index < -0.39 is 0 Å². The summed E-state index contributed by atoms with van der Waals surface area (Å²) >= 11 is 0. The summed E-state index contributed by atoms with van der Waals surface area (Å²) in [5.41, 5.74) is 1.29. The molecule has 0 aliphatic heterocycles. The van der Waals surface area contributed by atoms with Crippen LogP contribution < -0.4 is 0 Å². The van der Waals surface area contributed by atoms with Crippen molar-refractivity contribution in [3.05, 3.63) is 22.2 Å². The Morgan fingerprint density at radius 3 is 2.73 bits per heavy atom. The number of pyridine rings is 1. The van der Waals surface area contributed by atoms with Gasteiger partial charge in [-0.05, 0) is 25.1 Å². The highest BCUT2D eigenvalue weighted by Crippen LogP contribution is 2.22. The average Bonchev–Trinajstić information content (AvgIpc) is 1.97. The second kappa shape index (κ2) is 2.65. The standard InChI is InChI=1S/C7H8N2O2/c1-4-3-6(9-11)5(2)8-7(4)10/h3H,1-2H3,(H,8,10). The Labute approximate surface area is 63.9 Å². The predicted octanol–water partition coefficient (Wildman–Crippen LogP) is 1.80. The van der Waals surface area contributed by atoms with Gasteiger partial charge in [-0.25, -0.2) is 4.98 Å². The number of hydrogen-bond acceptors (Lipinski definition) is 4. The van der Waals surface area contributed by atoms with Gasteiger partial charge in [0.1, 0.15) is 5.69 Å². The van der Waals surface area contributed by atoms with Crippen molar-refractivity contribution in [2.75, 3.05) is 0 Å². The Morgan fingerprint density at radius 1 is 1.55 bits per heavy atom. The van der Waals surface area contributed by atoms with Crippen molar-refractivity contribution in [2.45, 2.75) is 13.8 Å². The monoisotopic (exact) mass is 152 g/mol. The molecule has 1 heterocycles. The van der Waals surface area contributed by atoms with Gasteiger partial charge in [-0.2, -0.15) is 0 Å². The molecule has 0 unspecified atom stereocenters. The highest BCUT2D eigenvalue weighted by molar-refractivity contribution is 5.46. The lowest BCUT2D eigenvalue weighted by Gasteiger charge is -1.99. The first kappa shape index (κ1) is 7.65. The van der Waals surface area contributed by atoms with Crippen LogP contribution in [0.15, 0.2) is 11.2 Å². The molecule has 1 aromatic heterocycles. The summed E-state index contributed by atoms with van der Waals surface area (Å²) in [5.74, 6) is -0.0464. The zero-order valence-corrected chi connectivity index (χ0v) is 6.33. The van der Waals surface area contributed by atoms with Crippen LogP contribution in [0.2, 0.25) is 0 Å². The first-order chi connectivity index (χ1) is 5.15. The van der Waals surface area contributed by atoms with Crippen molar-refractivity contribution >= 4 is 5.69 Å². The lowest BCUT2D eigenvalue weighted by atomic mass is 10.2. The number of nitroso groups, excluding NO2 is 1. The molecule has 1 N–H and O–H groups in total. The van der Waals surface area contributed by atoms with Gasteiger partial charge in [0.2, 0.25) is 5.88 Å². The van der Waals surface area contributed by atoms with Crippen LogP contribution in [0.5, 0.6) is 5.88 Å². The number of rotatable bonds is 1. The summed E-state index contributed by atoms with van der Waals surface area (Å²) in [4.78, 5) is 13.8. The van der Waals surface area contributed by atoms with E-state index in [0.717, 1.165) is 0 Å². The number of nitrogens with zero attached hydrogens (tertiary/aromatic N) is 2. The zero-order chi connectivity index (χ0) is 8.43. The van der Waals surface area contributed by atoms with Gasteiger partial charge in [0.25, 0.3) is 0 Å². The maximum Gasteiger partial charge on any atom is 0.214 e. The van der Waals surface area contributed by atoms with Gasteiger partial charge in [0, 0.05) is 5.56 Å².